The Balaban J connectivity index is 3.39. The van der Waals surface area contributed by atoms with E-state index in [4.69, 9.17) is 19.3 Å². The fourth-order valence-electron chi connectivity index (χ4n) is 1.58. The van der Waals surface area contributed by atoms with Crippen LogP contribution in [0.15, 0.2) is 12.1 Å². The second-order valence-corrected chi connectivity index (χ2v) is 3.83. The molecule has 0 radical (unpaired) electrons. The Morgan fingerprint density at radius 1 is 1.05 bits per heavy atom. The Morgan fingerprint density at radius 2 is 1.53 bits per heavy atom. The number of carbonyl (C=O) groups is 2. The summed E-state index contributed by atoms with van der Waals surface area (Å²) in [6, 6.07) is 3.01. The molecule has 0 spiro atoms. The third kappa shape index (κ3) is 2.96. The number of Topliss-reactive ketones (excluding diaryl/α,β-unsaturated/α-hetero) is 1. The average molecular weight is 268 g/mol. The summed E-state index contributed by atoms with van der Waals surface area (Å²) >= 11 is 0. The van der Waals surface area contributed by atoms with Crippen LogP contribution in [0, 0.1) is 5.92 Å². The fraction of sp³-hybridized carbons (Fsp3) is 0.385. The van der Waals surface area contributed by atoms with Crippen LogP contribution < -0.4 is 14.2 Å². The first-order valence-electron chi connectivity index (χ1n) is 5.53. The smallest absolute Gasteiger partial charge is 0.314 e. The molecule has 104 valence electrons. The molecule has 0 heterocycles. The highest BCUT2D eigenvalue weighted by molar-refractivity contribution is 6.11. The molecule has 0 bridgehead atoms. The lowest BCUT2D eigenvalue weighted by Gasteiger charge is -2.15. The van der Waals surface area contributed by atoms with Gasteiger partial charge in [0.2, 0.25) is 0 Å². The van der Waals surface area contributed by atoms with Crippen molar-refractivity contribution in [2.24, 2.45) is 5.92 Å². The summed E-state index contributed by atoms with van der Waals surface area (Å²) in [6.45, 7) is 1.31. The second-order valence-electron chi connectivity index (χ2n) is 3.83. The van der Waals surface area contributed by atoms with Gasteiger partial charge in [-0.3, -0.25) is 9.59 Å². The van der Waals surface area contributed by atoms with Crippen LogP contribution in [0.4, 0.5) is 0 Å². The van der Waals surface area contributed by atoms with Crippen molar-refractivity contribution in [2.75, 3.05) is 21.3 Å². The Morgan fingerprint density at radius 3 is 1.84 bits per heavy atom. The number of carboxylic acid groups (broad SMARTS) is 1. The third-order valence-corrected chi connectivity index (χ3v) is 2.73. The summed E-state index contributed by atoms with van der Waals surface area (Å²) in [7, 11) is 4.24. The molecule has 1 atom stereocenters. The monoisotopic (exact) mass is 268 g/mol. The Labute approximate surface area is 110 Å². The molecule has 19 heavy (non-hydrogen) atoms. The number of hydrogen-bond donors (Lipinski definition) is 1. The lowest BCUT2D eigenvalue weighted by atomic mass is 9.97. The van der Waals surface area contributed by atoms with Gasteiger partial charge in [0.25, 0.3) is 0 Å². The number of carbonyl (C=O) groups excluding carboxylic acids is 1. The van der Waals surface area contributed by atoms with E-state index < -0.39 is 17.7 Å². The zero-order valence-electron chi connectivity index (χ0n) is 11.2. The summed E-state index contributed by atoms with van der Waals surface area (Å²) < 4.78 is 15.3. The van der Waals surface area contributed by atoms with Gasteiger partial charge in [0.05, 0.1) is 21.3 Å². The molecule has 0 aliphatic heterocycles. The molecule has 6 nitrogen and oxygen atoms in total. The number of ketones is 1. The molecule has 1 unspecified atom stereocenters. The van der Waals surface area contributed by atoms with Crippen molar-refractivity contribution in [3.8, 4) is 17.2 Å². The minimum atomic E-state index is -1.20. The summed E-state index contributed by atoms with van der Waals surface area (Å²) in [5.41, 5.74) is 0.0979. The van der Waals surface area contributed by atoms with E-state index in [2.05, 4.69) is 0 Å². The van der Waals surface area contributed by atoms with Crippen molar-refractivity contribution < 1.29 is 28.9 Å². The van der Waals surface area contributed by atoms with E-state index in [1.54, 1.807) is 0 Å². The molecule has 0 aromatic heterocycles. The summed E-state index contributed by atoms with van der Waals surface area (Å²) in [5.74, 6) is -2.08. The summed E-state index contributed by atoms with van der Waals surface area (Å²) in [4.78, 5) is 23.1. The first kappa shape index (κ1) is 14.8. The fourth-order valence-corrected chi connectivity index (χ4v) is 1.58. The zero-order valence-corrected chi connectivity index (χ0v) is 11.2. The van der Waals surface area contributed by atoms with Gasteiger partial charge in [-0.25, -0.2) is 0 Å². The molecule has 1 rings (SSSR count). The van der Waals surface area contributed by atoms with Gasteiger partial charge in [-0.1, -0.05) is 0 Å². The molecule has 0 saturated carbocycles. The van der Waals surface area contributed by atoms with Crippen molar-refractivity contribution in [3.05, 3.63) is 17.7 Å². The molecule has 1 N–H and O–H groups in total. The van der Waals surface area contributed by atoms with Crippen molar-refractivity contribution >= 4 is 11.8 Å². The highest BCUT2D eigenvalue weighted by Gasteiger charge is 2.28. The van der Waals surface area contributed by atoms with E-state index in [-0.39, 0.29) is 17.1 Å². The van der Waals surface area contributed by atoms with Crippen LogP contribution in [0.25, 0.3) is 0 Å². The van der Waals surface area contributed by atoms with Crippen LogP contribution in [0.5, 0.6) is 17.2 Å². The topological polar surface area (TPSA) is 82.1 Å². The van der Waals surface area contributed by atoms with Crippen LogP contribution in [0.2, 0.25) is 0 Å². The van der Waals surface area contributed by atoms with Gasteiger partial charge in [0, 0.05) is 12.1 Å². The van der Waals surface area contributed by atoms with Crippen LogP contribution in [-0.4, -0.2) is 38.2 Å². The molecule has 1 aromatic carbocycles. The number of methoxy groups -OCH3 is 3. The van der Waals surface area contributed by atoms with Crippen LogP contribution >= 0.6 is 0 Å². The van der Waals surface area contributed by atoms with Crippen molar-refractivity contribution in [3.63, 3.8) is 0 Å². The van der Waals surface area contributed by atoms with Crippen LogP contribution in [0.1, 0.15) is 17.3 Å². The lowest BCUT2D eigenvalue weighted by Crippen LogP contribution is -2.21. The molecule has 0 fully saturated rings. The van der Waals surface area contributed by atoms with E-state index in [0.29, 0.717) is 5.75 Å². The number of aliphatic carboxylic acids is 1. The second kappa shape index (κ2) is 6.08. The largest absolute Gasteiger partial charge is 0.496 e. The number of hydrogen-bond acceptors (Lipinski definition) is 5. The number of benzene rings is 1. The van der Waals surface area contributed by atoms with Crippen molar-refractivity contribution in [1.82, 2.24) is 0 Å². The lowest BCUT2D eigenvalue weighted by molar-refractivity contribution is -0.139. The third-order valence-electron chi connectivity index (χ3n) is 2.73. The SMILES string of the molecule is COc1cc(OC)c(C(=O)C(C)C(=O)O)c(OC)c1. The number of carboxylic acids is 1. The van der Waals surface area contributed by atoms with E-state index in [9.17, 15) is 9.59 Å². The van der Waals surface area contributed by atoms with Crippen LogP contribution in [0.3, 0.4) is 0 Å². The van der Waals surface area contributed by atoms with Crippen molar-refractivity contribution in [2.45, 2.75) is 6.92 Å². The average Bonchev–Trinajstić information content (AvgIpc) is 2.43. The molecule has 6 heteroatoms. The van der Waals surface area contributed by atoms with Gasteiger partial charge in [-0.2, -0.15) is 0 Å². The quantitative estimate of drug-likeness (QED) is 0.623. The molecular weight excluding hydrogens is 252 g/mol. The standard InChI is InChI=1S/C13H16O6/c1-7(13(15)16)12(14)11-9(18-3)5-8(17-2)6-10(11)19-4/h5-7H,1-4H3,(H,15,16). The van der Waals surface area contributed by atoms with Crippen molar-refractivity contribution in [1.29, 1.82) is 0 Å². The molecule has 0 aliphatic rings. The van der Waals surface area contributed by atoms with Gasteiger partial charge in [-0.15, -0.1) is 0 Å². The predicted molar refractivity (Wildman–Crippen MR) is 67.2 cm³/mol. The highest BCUT2D eigenvalue weighted by Crippen LogP contribution is 2.35. The first-order valence-corrected chi connectivity index (χ1v) is 5.53. The van der Waals surface area contributed by atoms with Gasteiger partial charge in [0.15, 0.2) is 5.78 Å². The predicted octanol–water partition coefficient (Wildman–Crippen LogP) is 1.62. The summed E-state index contributed by atoms with van der Waals surface area (Å²) in [6.07, 6.45) is 0. The van der Waals surface area contributed by atoms with E-state index in [1.807, 2.05) is 0 Å². The molecule has 0 aliphatic carbocycles. The zero-order chi connectivity index (χ0) is 14.6. The number of rotatable bonds is 6. The normalized spacial score (nSPS) is 11.6. The maximum Gasteiger partial charge on any atom is 0.314 e. The Bertz CT molecular complexity index is 469. The Kier molecular flexibility index (Phi) is 4.74. The van der Waals surface area contributed by atoms with Gasteiger partial charge in [-0.05, 0) is 6.92 Å². The highest BCUT2D eigenvalue weighted by atomic mass is 16.5. The molecule has 0 amide bonds. The van der Waals surface area contributed by atoms with Gasteiger partial charge < -0.3 is 19.3 Å². The van der Waals surface area contributed by atoms with Crippen LogP contribution in [-0.2, 0) is 4.79 Å². The maximum absolute atomic E-state index is 12.2. The summed E-state index contributed by atoms with van der Waals surface area (Å²) in [5, 5.41) is 8.91. The minimum Gasteiger partial charge on any atom is -0.496 e. The molecular formula is C13H16O6. The van der Waals surface area contributed by atoms with Gasteiger partial charge in [0.1, 0.15) is 28.7 Å². The Hall–Kier alpha value is -2.24. The maximum atomic E-state index is 12.2. The van der Waals surface area contributed by atoms with E-state index in [1.165, 1.54) is 40.4 Å². The van der Waals surface area contributed by atoms with Gasteiger partial charge >= 0.3 is 5.97 Å². The van der Waals surface area contributed by atoms with E-state index >= 15 is 0 Å². The molecule has 0 saturated heterocycles. The minimum absolute atomic E-state index is 0.0979. The van der Waals surface area contributed by atoms with E-state index in [0.717, 1.165) is 0 Å². The first-order chi connectivity index (χ1) is 8.96. The molecule has 1 aromatic rings. The number of ether oxygens (including phenoxy) is 3.